The zero-order valence-electron chi connectivity index (χ0n) is 8.78. The van der Waals surface area contributed by atoms with Gasteiger partial charge in [0.1, 0.15) is 0 Å². The monoisotopic (exact) mass is 189 g/mol. The van der Waals surface area contributed by atoms with Crippen molar-refractivity contribution in [2.45, 2.75) is 19.9 Å². The maximum atomic E-state index is 4.44. The van der Waals surface area contributed by atoms with E-state index in [4.69, 9.17) is 0 Å². The molecule has 1 aromatic carbocycles. The molecule has 0 bridgehead atoms. The molecule has 0 spiro atoms. The topological polar surface area (TPSA) is 29.9 Å². The second-order valence-corrected chi connectivity index (χ2v) is 3.79. The normalized spacial score (nSPS) is 11.1. The number of benzene rings is 1. The Hall–Kier alpha value is -1.51. The van der Waals surface area contributed by atoms with E-state index in [1.807, 2.05) is 23.9 Å². The van der Waals surface area contributed by atoms with Crippen molar-refractivity contribution >= 4 is 16.7 Å². The van der Waals surface area contributed by atoms with Gasteiger partial charge in [0, 0.05) is 18.5 Å². The maximum absolute atomic E-state index is 4.44. The molecule has 74 valence electrons. The molecule has 0 fully saturated rings. The lowest BCUT2D eigenvalue weighted by Gasteiger charge is -2.05. The number of aromatic nitrogens is 2. The summed E-state index contributed by atoms with van der Waals surface area (Å²) in [6.07, 6.45) is 0. The average Bonchev–Trinajstić information content (AvgIpc) is 2.44. The predicted molar refractivity (Wildman–Crippen MR) is 59.5 cm³/mol. The molecule has 2 aromatic rings. The molecule has 2 rings (SSSR count). The first kappa shape index (κ1) is 9.06. The minimum Gasteiger partial charge on any atom is -0.366 e. The SMILES string of the molecule is CC(C)Nc1nn(C)c2ccccc12. The van der Waals surface area contributed by atoms with Gasteiger partial charge < -0.3 is 5.32 Å². The first-order valence-corrected chi connectivity index (χ1v) is 4.87. The number of fused-ring (bicyclic) bond motifs is 1. The van der Waals surface area contributed by atoms with Crippen molar-refractivity contribution in [3.8, 4) is 0 Å². The van der Waals surface area contributed by atoms with Gasteiger partial charge in [-0.3, -0.25) is 4.68 Å². The number of anilines is 1. The number of rotatable bonds is 2. The van der Waals surface area contributed by atoms with E-state index < -0.39 is 0 Å². The highest BCUT2D eigenvalue weighted by Gasteiger charge is 2.07. The number of hydrogen-bond donors (Lipinski definition) is 1. The van der Waals surface area contributed by atoms with Crippen molar-refractivity contribution < 1.29 is 0 Å². The van der Waals surface area contributed by atoms with E-state index in [0.29, 0.717) is 6.04 Å². The minimum atomic E-state index is 0.410. The van der Waals surface area contributed by atoms with Gasteiger partial charge in [0.2, 0.25) is 0 Å². The van der Waals surface area contributed by atoms with Gasteiger partial charge >= 0.3 is 0 Å². The molecule has 0 atom stereocenters. The summed E-state index contributed by atoms with van der Waals surface area (Å²) in [5.41, 5.74) is 1.16. The van der Waals surface area contributed by atoms with E-state index in [2.05, 4.69) is 36.4 Å². The lowest BCUT2D eigenvalue weighted by atomic mass is 10.2. The summed E-state index contributed by atoms with van der Waals surface area (Å²) in [7, 11) is 1.97. The van der Waals surface area contributed by atoms with Crippen molar-refractivity contribution in [2.75, 3.05) is 5.32 Å². The molecule has 3 heteroatoms. The van der Waals surface area contributed by atoms with Crippen LogP contribution >= 0.6 is 0 Å². The molecule has 1 aromatic heterocycles. The molecule has 0 aliphatic rings. The van der Waals surface area contributed by atoms with Crippen LogP contribution in [0.4, 0.5) is 5.82 Å². The van der Waals surface area contributed by atoms with Crippen LogP contribution in [0.2, 0.25) is 0 Å². The van der Waals surface area contributed by atoms with Gasteiger partial charge in [-0.05, 0) is 26.0 Å². The van der Waals surface area contributed by atoms with Crippen molar-refractivity contribution in [3.05, 3.63) is 24.3 Å². The Balaban J connectivity index is 2.55. The molecule has 0 amide bonds. The van der Waals surface area contributed by atoms with E-state index >= 15 is 0 Å². The second-order valence-electron chi connectivity index (χ2n) is 3.79. The standard InChI is InChI=1S/C11H15N3/c1-8(2)12-11-9-6-4-5-7-10(9)14(3)13-11/h4-8H,1-3H3,(H,12,13). The summed E-state index contributed by atoms with van der Waals surface area (Å²) in [6, 6.07) is 8.65. The molecule has 0 aliphatic carbocycles. The van der Waals surface area contributed by atoms with Gasteiger partial charge in [0.25, 0.3) is 0 Å². The summed E-state index contributed by atoms with van der Waals surface area (Å²) in [6.45, 7) is 4.23. The molecular formula is C11H15N3. The molecule has 0 saturated heterocycles. The van der Waals surface area contributed by atoms with E-state index in [0.717, 1.165) is 11.3 Å². The number of para-hydroxylation sites is 1. The minimum absolute atomic E-state index is 0.410. The summed E-state index contributed by atoms with van der Waals surface area (Å²) >= 11 is 0. The highest BCUT2D eigenvalue weighted by Crippen LogP contribution is 2.21. The Morgan fingerprint density at radius 3 is 2.71 bits per heavy atom. The number of nitrogens with zero attached hydrogens (tertiary/aromatic N) is 2. The van der Waals surface area contributed by atoms with Crippen LogP contribution in [0.25, 0.3) is 10.9 Å². The van der Waals surface area contributed by atoms with Crippen LogP contribution in [0.1, 0.15) is 13.8 Å². The molecular weight excluding hydrogens is 174 g/mol. The van der Waals surface area contributed by atoms with Crippen LogP contribution in [-0.2, 0) is 7.05 Å². The van der Waals surface area contributed by atoms with Gasteiger partial charge in [0.15, 0.2) is 5.82 Å². The summed E-state index contributed by atoms with van der Waals surface area (Å²) in [5.74, 6) is 0.970. The third-order valence-electron chi connectivity index (χ3n) is 2.18. The van der Waals surface area contributed by atoms with Crippen LogP contribution in [0.3, 0.4) is 0 Å². The molecule has 0 aliphatic heterocycles. The maximum Gasteiger partial charge on any atom is 0.156 e. The third-order valence-corrected chi connectivity index (χ3v) is 2.18. The molecule has 0 saturated carbocycles. The largest absolute Gasteiger partial charge is 0.366 e. The molecule has 3 nitrogen and oxygen atoms in total. The predicted octanol–water partition coefficient (Wildman–Crippen LogP) is 2.39. The number of aryl methyl sites for hydroxylation is 1. The van der Waals surface area contributed by atoms with Crippen LogP contribution in [0, 0.1) is 0 Å². The summed E-state index contributed by atoms with van der Waals surface area (Å²) < 4.78 is 1.90. The third kappa shape index (κ3) is 1.45. The first-order chi connectivity index (χ1) is 6.68. The van der Waals surface area contributed by atoms with Crippen molar-refractivity contribution in [1.82, 2.24) is 9.78 Å². The summed E-state index contributed by atoms with van der Waals surface area (Å²) in [4.78, 5) is 0. The van der Waals surface area contributed by atoms with Gasteiger partial charge in [-0.25, -0.2) is 0 Å². The van der Waals surface area contributed by atoms with E-state index in [1.165, 1.54) is 5.39 Å². The van der Waals surface area contributed by atoms with Crippen molar-refractivity contribution in [2.24, 2.45) is 7.05 Å². The van der Waals surface area contributed by atoms with Crippen LogP contribution in [-0.4, -0.2) is 15.8 Å². The summed E-state index contributed by atoms with van der Waals surface area (Å²) in [5, 5.41) is 8.96. The first-order valence-electron chi connectivity index (χ1n) is 4.87. The second kappa shape index (κ2) is 3.33. The quantitative estimate of drug-likeness (QED) is 0.786. The number of hydrogen-bond acceptors (Lipinski definition) is 2. The smallest absolute Gasteiger partial charge is 0.156 e. The van der Waals surface area contributed by atoms with Crippen molar-refractivity contribution in [1.29, 1.82) is 0 Å². The Morgan fingerprint density at radius 1 is 1.29 bits per heavy atom. The Bertz CT molecular complexity index is 443. The van der Waals surface area contributed by atoms with Crippen LogP contribution in [0.15, 0.2) is 24.3 Å². The zero-order chi connectivity index (χ0) is 10.1. The lowest BCUT2D eigenvalue weighted by molar-refractivity contribution is 0.786. The highest BCUT2D eigenvalue weighted by atomic mass is 15.3. The fourth-order valence-electron chi connectivity index (χ4n) is 1.59. The molecule has 1 N–H and O–H groups in total. The molecule has 0 radical (unpaired) electrons. The van der Waals surface area contributed by atoms with Crippen LogP contribution < -0.4 is 5.32 Å². The molecule has 1 heterocycles. The van der Waals surface area contributed by atoms with Gasteiger partial charge in [-0.15, -0.1) is 0 Å². The molecule has 14 heavy (non-hydrogen) atoms. The Morgan fingerprint density at radius 2 is 2.00 bits per heavy atom. The zero-order valence-corrected chi connectivity index (χ0v) is 8.78. The fourth-order valence-corrected chi connectivity index (χ4v) is 1.59. The fraction of sp³-hybridized carbons (Fsp3) is 0.364. The van der Waals surface area contributed by atoms with E-state index in [1.54, 1.807) is 0 Å². The van der Waals surface area contributed by atoms with Crippen molar-refractivity contribution in [3.63, 3.8) is 0 Å². The Kier molecular flexibility index (Phi) is 2.15. The Labute approximate surface area is 83.7 Å². The van der Waals surface area contributed by atoms with Gasteiger partial charge in [0.05, 0.1) is 5.52 Å². The van der Waals surface area contributed by atoms with Gasteiger partial charge in [-0.2, -0.15) is 5.10 Å². The van der Waals surface area contributed by atoms with E-state index in [9.17, 15) is 0 Å². The van der Waals surface area contributed by atoms with Crippen LogP contribution in [0.5, 0.6) is 0 Å². The van der Waals surface area contributed by atoms with Gasteiger partial charge in [-0.1, -0.05) is 12.1 Å². The highest BCUT2D eigenvalue weighted by molar-refractivity contribution is 5.90. The molecule has 0 unspecified atom stereocenters. The van der Waals surface area contributed by atoms with E-state index in [-0.39, 0.29) is 0 Å². The number of nitrogens with one attached hydrogen (secondary N) is 1. The average molecular weight is 189 g/mol. The lowest BCUT2D eigenvalue weighted by Crippen LogP contribution is -2.10.